The highest BCUT2D eigenvalue weighted by Gasteiger charge is 2.24. The van der Waals surface area contributed by atoms with Gasteiger partial charge in [0.05, 0.1) is 5.92 Å². The first-order valence-electron chi connectivity index (χ1n) is 6.52. The molecule has 0 spiro atoms. The maximum Gasteiger partial charge on any atom is 0.307 e. The molecule has 19 heavy (non-hydrogen) atoms. The number of hydrogen-bond donors (Lipinski definition) is 1. The van der Waals surface area contributed by atoms with E-state index in [1.165, 1.54) is 12.1 Å². The highest BCUT2D eigenvalue weighted by Crippen LogP contribution is 2.16. The molecule has 1 aromatic carbocycles. The van der Waals surface area contributed by atoms with Gasteiger partial charge in [-0.1, -0.05) is 24.3 Å². The van der Waals surface area contributed by atoms with Crippen molar-refractivity contribution in [2.45, 2.75) is 12.8 Å². The summed E-state index contributed by atoms with van der Waals surface area (Å²) >= 11 is 0. The Hall–Kier alpha value is -1.68. The van der Waals surface area contributed by atoms with Crippen LogP contribution in [0.2, 0.25) is 0 Å². The molecule has 0 aromatic heterocycles. The number of piperidine rings is 1. The van der Waals surface area contributed by atoms with Crippen LogP contribution in [0.3, 0.4) is 0 Å². The van der Waals surface area contributed by atoms with Crippen LogP contribution in [0.5, 0.6) is 0 Å². The summed E-state index contributed by atoms with van der Waals surface area (Å²) in [4.78, 5) is 13.1. The first kappa shape index (κ1) is 13.7. The van der Waals surface area contributed by atoms with E-state index in [0.717, 1.165) is 31.5 Å². The number of halogens is 1. The molecule has 1 heterocycles. The summed E-state index contributed by atoms with van der Waals surface area (Å²) in [7, 11) is 0. The van der Waals surface area contributed by atoms with E-state index in [1.54, 1.807) is 12.1 Å². The minimum absolute atomic E-state index is 0.238. The maximum absolute atomic E-state index is 12.7. The summed E-state index contributed by atoms with van der Waals surface area (Å²) in [6, 6.07) is 6.31. The van der Waals surface area contributed by atoms with Crippen molar-refractivity contribution >= 4 is 12.0 Å². The number of nitrogens with zero attached hydrogens (tertiary/aromatic N) is 1. The lowest BCUT2D eigenvalue weighted by Crippen LogP contribution is -2.38. The van der Waals surface area contributed by atoms with E-state index in [-0.39, 0.29) is 11.7 Å². The van der Waals surface area contributed by atoms with Crippen LogP contribution >= 0.6 is 0 Å². The number of carboxylic acid groups (broad SMARTS) is 1. The monoisotopic (exact) mass is 263 g/mol. The average molecular weight is 263 g/mol. The van der Waals surface area contributed by atoms with Crippen molar-refractivity contribution in [2.24, 2.45) is 5.92 Å². The number of carbonyl (C=O) groups is 1. The van der Waals surface area contributed by atoms with Gasteiger partial charge >= 0.3 is 5.97 Å². The molecule has 1 aromatic rings. The van der Waals surface area contributed by atoms with Gasteiger partial charge in [0.25, 0.3) is 0 Å². The Kier molecular flexibility index (Phi) is 4.68. The van der Waals surface area contributed by atoms with Gasteiger partial charge in [0, 0.05) is 13.1 Å². The van der Waals surface area contributed by atoms with E-state index in [2.05, 4.69) is 4.90 Å². The topological polar surface area (TPSA) is 40.5 Å². The van der Waals surface area contributed by atoms with Gasteiger partial charge < -0.3 is 5.11 Å². The Balaban J connectivity index is 1.84. The lowest BCUT2D eigenvalue weighted by Gasteiger charge is -2.29. The standard InChI is InChI=1S/C15H18FNO2/c16-14-7-5-12(6-8-14)3-1-9-17-10-2-4-13(11-17)15(18)19/h1,3,5-8,13H,2,4,9-11H2,(H,18,19)/b3-1+. The van der Waals surface area contributed by atoms with Crippen LogP contribution in [0.25, 0.3) is 6.08 Å². The van der Waals surface area contributed by atoms with Crippen LogP contribution in [0.1, 0.15) is 18.4 Å². The van der Waals surface area contributed by atoms with Crippen LogP contribution in [0.4, 0.5) is 4.39 Å². The van der Waals surface area contributed by atoms with Gasteiger partial charge in [-0.25, -0.2) is 4.39 Å². The molecule has 0 radical (unpaired) electrons. The number of likely N-dealkylation sites (tertiary alicyclic amines) is 1. The van der Waals surface area contributed by atoms with Gasteiger partial charge in [-0.3, -0.25) is 9.69 Å². The summed E-state index contributed by atoms with van der Waals surface area (Å²) in [5.74, 6) is -1.18. The molecular weight excluding hydrogens is 245 g/mol. The van der Waals surface area contributed by atoms with Gasteiger partial charge in [-0.2, -0.15) is 0 Å². The molecule has 4 heteroatoms. The predicted octanol–water partition coefficient (Wildman–Crippen LogP) is 2.64. The van der Waals surface area contributed by atoms with Gasteiger partial charge in [0.15, 0.2) is 0 Å². The molecule has 102 valence electrons. The molecule has 1 fully saturated rings. The Labute approximate surface area is 112 Å². The minimum Gasteiger partial charge on any atom is -0.481 e. The van der Waals surface area contributed by atoms with Crippen LogP contribution in [0.15, 0.2) is 30.3 Å². The van der Waals surface area contributed by atoms with Crippen LogP contribution in [-0.2, 0) is 4.79 Å². The Morgan fingerprint density at radius 1 is 1.42 bits per heavy atom. The highest BCUT2D eigenvalue weighted by molar-refractivity contribution is 5.70. The number of rotatable bonds is 4. The van der Waals surface area contributed by atoms with E-state index in [1.807, 2.05) is 12.2 Å². The number of benzene rings is 1. The van der Waals surface area contributed by atoms with Crippen molar-refractivity contribution in [3.05, 3.63) is 41.7 Å². The number of hydrogen-bond acceptors (Lipinski definition) is 2. The third-order valence-corrected chi connectivity index (χ3v) is 3.40. The van der Waals surface area contributed by atoms with Gasteiger partial charge in [0.2, 0.25) is 0 Å². The fourth-order valence-electron chi connectivity index (χ4n) is 2.33. The lowest BCUT2D eigenvalue weighted by atomic mass is 9.98. The quantitative estimate of drug-likeness (QED) is 0.907. The molecule has 0 saturated carbocycles. The second kappa shape index (κ2) is 6.48. The van der Waals surface area contributed by atoms with E-state index in [9.17, 15) is 9.18 Å². The molecule has 1 aliphatic rings. The molecule has 1 N–H and O–H groups in total. The zero-order valence-electron chi connectivity index (χ0n) is 10.8. The predicted molar refractivity (Wildman–Crippen MR) is 72.2 cm³/mol. The minimum atomic E-state index is -0.702. The van der Waals surface area contributed by atoms with Crippen molar-refractivity contribution < 1.29 is 14.3 Å². The first-order chi connectivity index (χ1) is 9.15. The second-order valence-electron chi connectivity index (χ2n) is 4.89. The first-order valence-corrected chi connectivity index (χ1v) is 6.52. The molecule has 1 aliphatic heterocycles. The Bertz CT molecular complexity index is 456. The smallest absolute Gasteiger partial charge is 0.307 e. The SMILES string of the molecule is O=C(O)C1CCCN(C/C=C/c2ccc(F)cc2)C1. The zero-order valence-corrected chi connectivity index (χ0v) is 10.8. The molecule has 1 saturated heterocycles. The van der Waals surface area contributed by atoms with Crippen LogP contribution < -0.4 is 0 Å². The highest BCUT2D eigenvalue weighted by atomic mass is 19.1. The van der Waals surface area contributed by atoms with Gasteiger partial charge in [0.1, 0.15) is 5.82 Å². The molecular formula is C15H18FNO2. The molecule has 0 aliphatic carbocycles. The van der Waals surface area contributed by atoms with E-state index in [0.29, 0.717) is 6.54 Å². The zero-order chi connectivity index (χ0) is 13.7. The van der Waals surface area contributed by atoms with Crippen LogP contribution in [-0.4, -0.2) is 35.6 Å². The molecule has 0 amide bonds. The van der Waals surface area contributed by atoms with Crippen molar-refractivity contribution in [1.29, 1.82) is 0 Å². The third-order valence-electron chi connectivity index (χ3n) is 3.40. The van der Waals surface area contributed by atoms with Crippen molar-refractivity contribution in [1.82, 2.24) is 4.90 Å². The van der Waals surface area contributed by atoms with Crippen molar-refractivity contribution in [3.63, 3.8) is 0 Å². The van der Waals surface area contributed by atoms with E-state index >= 15 is 0 Å². The summed E-state index contributed by atoms with van der Waals surface area (Å²) < 4.78 is 12.7. The summed E-state index contributed by atoms with van der Waals surface area (Å²) in [5, 5.41) is 9.01. The second-order valence-corrected chi connectivity index (χ2v) is 4.89. The fourth-order valence-corrected chi connectivity index (χ4v) is 2.33. The normalized spacial score (nSPS) is 20.8. The van der Waals surface area contributed by atoms with Crippen molar-refractivity contribution in [2.75, 3.05) is 19.6 Å². The van der Waals surface area contributed by atoms with E-state index < -0.39 is 5.97 Å². The Morgan fingerprint density at radius 3 is 2.84 bits per heavy atom. The molecule has 0 bridgehead atoms. The van der Waals surface area contributed by atoms with Gasteiger partial charge in [-0.05, 0) is 37.1 Å². The summed E-state index contributed by atoms with van der Waals surface area (Å²) in [6.07, 6.45) is 5.64. The number of carboxylic acids is 1. The average Bonchev–Trinajstić information content (AvgIpc) is 2.41. The van der Waals surface area contributed by atoms with Crippen LogP contribution in [0, 0.1) is 11.7 Å². The summed E-state index contributed by atoms with van der Waals surface area (Å²) in [5.41, 5.74) is 0.952. The third kappa shape index (κ3) is 4.17. The molecule has 2 rings (SSSR count). The maximum atomic E-state index is 12.7. The lowest BCUT2D eigenvalue weighted by molar-refractivity contribution is -0.143. The Morgan fingerprint density at radius 2 is 2.16 bits per heavy atom. The fraction of sp³-hybridized carbons (Fsp3) is 0.400. The van der Waals surface area contributed by atoms with E-state index in [4.69, 9.17) is 5.11 Å². The van der Waals surface area contributed by atoms with Gasteiger partial charge in [-0.15, -0.1) is 0 Å². The largest absolute Gasteiger partial charge is 0.481 e. The molecule has 3 nitrogen and oxygen atoms in total. The molecule has 1 atom stereocenters. The number of aliphatic carboxylic acids is 1. The molecule has 1 unspecified atom stereocenters. The summed E-state index contributed by atoms with van der Waals surface area (Å²) in [6.45, 7) is 2.29. The van der Waals surface area contributed by atoms with Crippen molar-refractivity contribution in [3.8, 4) is 0 Å².